The smallest absolute Gasteiger partial charge is 0.234 e. The lowest BCUT2D eigenvalue weighted by Gasteiger charge is -2.16. The summed E-state index contributed by atoms with van der Waals surface area (Å²) in [5.74, 6) is -0.00696. The van der Waals surface area contributed by atoms with Crippen molar-refractivity contribution in [2.75, 3.05) is 26.8 Å². The highest BCUT2D eigenvalue weighted by atomic mass is 16.5. The molecule has 0 aromatic heterocycles. The predicted molar refractivity (Wildman–Crippen MR) is 72.5 cm³/mol. The maximum absolute atomic E-state index is 11.5. The zero-order valence-electron chi connectivity index (χ0n) is 11.3. The first kappa shape index (κ1) is 14.7. The second-order valence-electron chi connectivity index (χ2n) is 4.30. The molecule has 0 saturated heterocycles. The van der Waals surface area contributed by atoms with E-state index >= 15 is 0 Å². The van der Waals surface area contributed by atoms with Crippen molar-refractivity contribution >= 4 is 5.91 Å². The van der Waals surface area contributed by atoms with E-state index in [1.807, 2.05) is 12.1 Å². The molecule has 0 radical (unpaired) electrons. The second kappa shape index (κ2) is 7.84. The fourth-order valence-corrected chi connectivity index (χ4v) is 1.78. The van der Waals surface area contributed by atoms with Crippen LogP contribution in [0.4, 0.5) is 0 Å². The lowest BCUT2D eigenvalue weighted by molar-refractivity contribution is -0.120. The summed E-state index contributed by atoms with van der Waals surface area (Å²) in [4.78, 5) is 11.5. The lowest BCUT2D eigenvalue weighted by Crippen LogP contribution is -2.36. The largest absolute Gasteiger partial charge is 0.383 e. The molecular weight excluding hydrogens is 228 g/mol. The van der Waals surface area contributed by atoms with Gasteiger partial charge in [-0.15, -0.1) is 0 Å². The van der Waals surface area contributed by atoms with Crippen molar-refractivity contribution in [3.63, 3.8) is 0 Å². The van der Waals surface area contributed by atoms with Crippen molar-refractivity contribution < 1.29 is 9.53 Å². The Morgan fingerprint density at radius 2 is 2.11 bits per heavy atom. The number of aryl methyl sites for hydroxylation is 1. The minimum atomic E-state index is -0.00696. The first-order valence-electron chi connectivity index (χ1n) is 6.19. The van der Waals surface area contributed by atoms with Gasteiger partial charge in [0.25, 0.3) is 0 Å². The monoisotopic (exact) mass is 250 g/mol. The number of ether oxygens (including phenoxy) is 1. The molecule has 0 bridgehead atoms. The molecule has 1 amide bonds. The third-order valence-corrected chi connectivity index (χ3v) is 2.85. The number of hydrogen-bond donors (Lipinski definition) is 2. The minimum absolute atomic E-state index is 0.00696. The Hall–Kier alpha value is -1.39. The van der Waals surface area contributed by atoms with Crippen molar-refractivity contribution in [3.8, 4) is 0 Å². The van der Waals surface area contributed by atoms with Gasteiger partial charge >= 0.3 is 0 Å². The molecule has 1 atom stereocenters. The molecule has 4 heteroatoms. The molecule has 1 unspecified atom stereocenters. The van der Waals surface area contributed by atoms with Crippen LogP contribution in [0.1, 0.15) is 24.1 Å². The summed E-state index contributed by atoms with van der Waals surface area (Å²) >= 11 is 0. The van der Waals surface area contributed by atoms with Crippen LogP contribution in [0.25, 0.3) is 0 Å². The van der Waals surface area contributed by atoms with Gasteiger partial charge in [0.2, 0.25) is 5.91 Å². The number of nitrogens with one attached hydrogen (secondary N) is 2. The van der Waals surface area contributed by atoms with Gasteiger partial charge in [0.05, 0.1) is 13.2 Å². The quantitative estimate of drug-likeness (QED) is 0.719. The van der Waals surface area contributed by atoms with Crippen LogP contribution in [-0.2, 0) is 9.53 Å². The van der Waals surface area contributed by atoms with Crippen LogP contribution in [0.3, 0.4) is 0 Å². The Kier molecular flexibility index (Phi) is 6.39. The van der Waals surface area contributed by atoms with Crippen LogP contribution < -0.4 is 10.6 Å². The molecule has 2 N–H and O–H groups in total. The number of benzene rings is 1. The Bertz CT molecular complexity index is 380. The van der Waals surface area contributed by atoms with E-state index in [9.17, 15) is 4.79 Å². The van der Waals surface area contributed by atoms with Gasteiger partial charge in [0, 0.05) is 19.7 Å². The molecule has 0 heterocycles. The second-order valence-corrected chi connectivity index (χ2v) is 4.30. The van der Waals surface area contributed by atoms with Crippen LogP contribution in [0.5, 0.6) is 0 Å². The highest BCUT2D eigenvalue weighted by molar-refractivity contribution is 5.78. The number of rotatable bonds is 7. The fourth-order valence-electron chi connectivity index (χ4n) is 1.78. The number of hydrogen-bond acceptors (Lipinski definition) is 3. The SMILES string of the molecule is COCCNC(=O)CNC(C)c1ccccc1C. The van der Waals surface area contributed by atoms with E-state index in [-0.39, 0.29) is 11.9 Å². The molecule has 18 heavy (non-hydrogen) atoms. The molecule has 4 nitrogen and oxygen atoms in total. The summed E-state index contributed by atoms with van der Waals surface area (Å²) in [6.07, 6.45) is 0. The van der Waals surface area contributed by atoms with Gasteiger partial charge in [-0.2, -0.15) is 0 Å². The summed E-state index contributed by atoms with van der Waals surface area (Å²) in [6, 6.07) is 8.35. The predicted octanol–water partition coefficient (Wildman–Crippen LogP) is 1.41. The highest BCUT2D eigenvalue weighted by Crippen LogP contribution is 2.15. The van der Waals surface area contributed by atoms with E-state index in [0.29, 0.717) is 19.7 Å². The molecule has 0 saturated carbocycles. The van der Waals surface area contributed by atoms with E-state index in [2.05, 4.69) is 36.6 Å². The molecule has 0 aliphatic rings. The lowest BCUT2D eigenvalue weighted by atomic mass is 10.0. The van der Waals surface area contributed by atoms with Crippen molar-refractivity contribution in [2.45, 2.75) is 19.9 Å². The van der Waals surface area contributed by atoms with Gasteiger partial charge in [0.1, 0.15) is 0 Å². The Morgan fingerprint density at radius 1 is 1.39 bits per heavy atom. The average molecular weight is 250 g/mol. The number of carbonyl (C=O) groups is 1. The van der Waals surface area contributed by atoms with Crippen molar-refractivity contribution in [2.24, 2.45) is 0 Å². The molecule has 1 rings (SSSR count). The van der Waals surface area contributed by atoms with Gasteiger partial charge in [-0.25, -0.2) is 0 Å². The maximum atomic E-state index is 11.5. The molecular formula is C14H22N2O2. The van der Waals surface area contributed by atoms with Crippen LogP contribution in [0.15, 0.2) is 24.3 Å². The summed E-state index contributed by atoms with van der Waals surface area (Å²) in [5, 5.41) is 5.99. The highest BCUT2D eigenvalue weighted by Gasteiger charge is 2.08. The Labute approximate surface area is 109 Å². The normalized spacial score (nSPS) is 12.2. The average Bonchev–Trinajstić information content (AvgIpc) is 2.37. The summed E-state index contributed by atoms with van der Waals surface area (Å²) in [5.41, 5.74) is 2.46. The number of amides is 1. The van der Waals surface area contributed by atoms with Crippen molar-refractivity contribution in [1.82, 2.24) is 10.6 Å². The topological polar surface area (TPSA) is 50.4 Å². The maximum Gasteiger partial charge on any atom is 0.234 e. The Morgan fingerprint density at radius 3 is 2.78 bits per heavy atom. The zero-order valence-corrected chi connectivity index (χ0v) is 11.3. The van der Waals surface area contributed by atoms with Gasteiger partial charge < -0.3 is 15.4 Å². The van der Waals surface area contributed by atoms with E-state index in [0.717, 1.165) is 0 Å². The molecule has 0 aliphatic heterocycles. The van der Waals surface area contributed by atoms with E-state index in [1.54, 1.807) is 7.11 Å². The van der Waals surface area contributed by atoms with Gasteiger partial charge in [0.15, 0.2) is 0 Å². The first-order chi connectivity index (χ1) is 8.65. The molecule has 1 aromatic rings. The van der Waals surface area contributed by atoms with Gasteiger partial charge in [-0.3, -0.25) is 4.79 Å². The minimum Gasteiger partial charge on any atom is -0.383 e. The first-order valence-corrected chi connectivity index (χ1v) is 6.19. The Balaban J connectivity index is 2.35. The van der Waals surface area contributed by atoms with E-state index in [4.69, 9.17) is 4.74 Å². The third-order valence-electron chi connectivity index (χ3n) is 2.85. The van der Waals surface area contributed by atoms with Gasteiger partial charge in [-0.1, -0.05) is 24.3 Å². The van der Waals surface area contributed by atoms with Crippen molar-refractivity contribution in [1.29, 1.82) is 0 Å². The third kappa shape index (κ3) is 4.85. The van der Waals surface area contributed by atoms with Crippen molar-refractivity contribution in [3.05, 3.63) is 35.4 Å². The zero-order chi connectivity index (χ0) is 13.4. The summed E-state index contributed by atoms with van der Waals surface area (Å²) in [7, 11) is 1.62. The molecule has 0 fully saturated rings. The van der Waals surface area contributed by atoms with Crippen LogP contribution >= 0.6 is 0 Å². The molecule has 0 aliphatic carbocycles. The van der Waals surface area contributed by atoms with E-state index in [1.165, 1.54) is 11.1 Å². The fraction of sp³-hybridized carbons (Fsp3) is 0.500. The summed E-state index contributed by atoms with van der Waals surface area (Å²) in [6.45, 7) is 5.55. The van der Waals surface area contributed by atoms with Gasteiger partial charge in [-0.05, 0) is 25.0 Å². The number of methoxy groups -OCH3 is 1. The van der Waals surface area contributed by atoms with Crippen LogP contribution in [-0.4, -0.2) is 32.7 Å². The molecule has 100 valence electrons. The van der Waals surface area contributed by atoms with E-state index < -0.39 is 0 Å². The number of carbonyl (C=O) groups excluding carboxylic acids is 1. The van der Waals surface area contributed by atoms with Crippen LogP contribution in [0.2, 0.25) is 0 Å². The standard InChI is InChI=1S/C14H22N2O2/c1-11-6-4-5-7-13(11)12(2)16-10-14(17)15-8-9-18-3/h4-7,12,16H,8-10H2,1-3H3,(H,15,17). The molecule has 0 spiro atoms. The molecule has 1 aromatic carbocycles. The summed E-state index contributed by atoms with van der Waals surface area (Å²) < 4.78 is 4.87. The van der Waals surface area contributed by atoms with Crippen LogP contribution in [0, 0.1) is 6.92 Å².